The Bertz CT molecular complexity index is 1050. The summed E-state index contributed by atoms with van der Waals surface area (Å²) in [6, 6.07) is 24.0. The fourth-order valence-electron chi connectivity index (χ4n) is 4.11. The SMILES string of the molecule is CCOC(=O)C1Cc2ccccc2CN1Cc1ccc(OCc2ccccc2)c(OC)c1. The zero-order valence-corrected chi connectivity index (χ0v) is 18.6. The second kappa shape index (κ2) is 10.3. The molecule has 4 rings (SSSR count). The van der Waals surface area contributed by atoms with Crippen molar-refractivity contribution in [2.24, 2.45) is 0 Å². The first-order chi connectivity index (χ1) is 15.7. The van der Waals surface area contributed by atoms with Crippen LogP contribution >= 0.6 is 0 Å². The fourth-order valence-corrected chi connectivity index (χ4v) is 4.11. The highest BCUT2D eigenvalue weighted by atomic mass is 16.5. The van der Waals surface area contributed by atoms with Gasteiger partial charge in [0, 0.05) is 13.1 Å². The smallest absolute Gasteiger partial charge is 0.323 e. The number of fused-ring (bicyclic) bond motifs is 1. The number of rotatable bonds is 8. The van der Waals surface area contributed by atoms with E-state index in [0.717, 1.165) is 11.1 Å². The topological polar surface area (TPSA) is 48.0 Å². The molecule has 1 aliphatic rings. The maximum atomic E-state index is 12.7. The van der Waals surface area contributed by atoms with Crippen molar-refractivity contribution < 1.29 is 19.0 Å². The number of carbonyl (C=O) groups excluding carboxylic acids is 1. The molecule has 3 aromatic rings. The van der Waals surface area contributed by atoms with E-state index in [9.17, 15) is 4.79 Å². The number of methoxy groups -OCH3 is 1. The van der Waals surface area contributed by atoms with Gasteiger partial charge in [-0.2, -0.15) is 0 Å². The predicted molar refractivity (Wildman–Crippen MR) is 124 cm³/mol. The van der Waals surface area contributed by atoms with Gasteiger partial charge in [0.2, 0.25) is 0 Å². The van der Waals surface area contributed by atoms with Gasteiger partial charge >= 0.3 is 5.97 Å². The standard InChI is InChI=1S/C27H29NO4/c1-3-31-27(29)24-16-22-11-7-8-12-23(22)18-28(24)17-21-13-14-25(26(15-21)30-2)32-19-20-9-5-4-6-10-20/h4-15,24H,3,16-19H2,1-2H3. The molecule has 0 saturated carbocycles. The van der Waals surface area contributed by atoms with Gasteiger partial charge in [0.05, 0.1) is 13.7 Å². The van der Waals surface area contributed by atoms with Crippen LogP contribution in [0, 0.1) is 0 Å². The van der Waals surface area contributed by atoms with Crippen molar-refractivity contribution in [2.45, 2.75) is 39.1 Å². The number of hydrogen-bond acceptors (Lipinski definition) is 5. The first-order valence-corrected chi connectivity index (χ1v) is 11.0. The molecule has 0 radical (unpaired) electrons. The molecule has 0 N–H and O–H groups in total. The Balaban J connectivity index is 1.51. The van der Waals surface area contributed by atoms with Crippen molar-refractivity contribution in [2.75, 3.05) is 13.7 Å². The van der Waals surface area contributed by atoms with Crippen molar-refractivity contribution in [3.05, 3.63) is 95.1 Å². The van der Waals surface area contributed by atoms with Crippen LogP contribution in [0.25, 0.3) is 0 Å². The molecule has 0 saturated heterocycles. The van der Waals surface area contributed by atoms with E-state index >= 15 is 0 Å². The molecule has 0 aromatic heterocycles. The molecule has 0 spiro atoms. The number of esters is 1. The maximum absolute atomic E-state index is 12.7. The molecule has 0 fully saturated rings. The van der Waals surface area contributed by atoms with Crippen LogP contribution in [-0.4, -0.2) is 30.6 Å². The van der Waals surface area contributed by atoms with E-state index < -0.39 is 0 Å². The average Bonchev–Trinajstić information content (AvgIpc) is 2.83. The zero-order valence-electron chi connectivity index (χ0n) is 18.6. The van der Waals surface area contributed by atoms with Crippen LogP contribution in [0.1, 0.15) is 29.2 Å². The zero-order chi connectivity index (χ0) is 22.3. The first kappa shape index (κ1) is 21.9. The number of benzene rings is 3. The molecule has 0 bridgehead atoms. The highest BCUT2D eigenvalue weighted by Gasteiger charge is 2.32. The highest BCUT2D eigenvalue weighted by Crippen LogP contribution is 2.31. The molecule has 5 heteroatoms. The lowest BCUT2D eigenvalue weighted by molar-refractivity contribution is -0.150. The van der Waals surface area contributed by atoms with Gasteiger partial charge in [-0.05, 0) is 47.7 Å². The lowest BCUT2D eigenvalue weighted by Crippen LogP contribution is -2.45. The normalized spacial score (nSPS) is 15.6. The monoisotopic (exact) mass is 431 g/mol. The predicted octanol–water partition coefficient (Wildman–Crippen LogP) is 4.76. The lowest BCUT2D eigenvalue weighted by atomic mass is 9.93. The van der Waals surface area contributed by atoms with Crippen LogP contribution in [0.15, 0.2) is 72.8 Å². The van der Waals surface area contributed by atoms with E-state index in [1.54, 1.807) is 7.11 Å². The third-order valence-corrected chi connectivity index (χ3v) is 5.76. The Kier molecular flexibility index (Phi) is 7.07. The molecule has 1 atom stereocenters. The molecule has 1 heterocycles. The molecule has 0 amide bonds. The van der Waals surface area contributed by atoms with Crippen LogP contribution in [-0.2, 0) is 35.6 Å². The van der Waals surface area contributed by atoms with Crippen molar-refractivity contribution in [1.29, 1.82) is 0 Å². The summed E-state index contributed by atoms with van der Waals surface area (Å²) >= 11 is 0. The number of hydrogen-bond donors (Lipinski definition) is 0. The molecule has 166 valence electrons. The Morgan fingerprint density at radius 1 is 0.938 bits per heavy atom. The molecular weight excluding hydrogens is 402 g/mol. The van der Waals surface area contributed by atoms with Crippen molar-refractivity contribution >= 4 is 5.97 Å². The van der Waals surface area contributed by atoms with Gasteiger partial charge in [0.25, 0.3) is 0 Å². The van der Waals surface area contributed by atoms with Crippen molar-refractivity contribution in [1.82, 2.24) is 4.90 Å². The average molecular weight is 432 g/mol. The van der Waals surface area contributed by atoms with E-state index in [4.69, 9.17) is 14.2 Å². The Hall–Kier alpha value is -3.31. The minimum absolute atomic E-state index is 0.170. The highest BCUT2D eigenvalue weighted by molar-refractivity contribution is 5.76. The summed E-state index contributed by atoms with van der Waals surface area (Å²) in [7, 11) is 1.65. The molecule has 1 unspecified atom stereocenters. The van der Waals surface area contributed by atoms with Crippen molar-refractivity contribution in [3.8, 4) is 11.5 Å². The summed E-state index contributed by atoms with van der Waals surface area (Å²) in [5.74, 6) is 1.21. The van der Waals surface area contributed by atoms with Gasteiger partial charge in [-0.1, -0.05) is 60.7 Å². The third-order valence-electron chi connectivity index (χ3n) is 5.76. The van der Waals surface area contributed by atoms with Gasteiger partial charge < -0.3 is 14.2 Å². The van der Waals surface area contributed by atoms with Gasteiger partial charge in [-0.25, -0.2) is 0 Å². The van der Waals surface area contributed by atoms with E-state index in [0.29, 0.717) is 44.2 Å². The second-order valence-corrected chi connectivity index (χ2v) is 7.91. The minimum atomic E-state index is -0.301. The maximum Gasteiger partial charge on any atom is 0.323 e. The summed E-state index contributed by atoms with van der Waals surface area (Å²) < 4.78 is 17.0. The Labute approximate surface area is 189 Å². The second-order valence-electron chi connectivity index (χ2n) is 7.91. The minimum Gasteiger partial charge on any atom is -0.493 e. The van der Waals surface area contributed by atoms with E-state index in [1.807, 2.05) is 67.6 Å². The van der Waals surface area contributed by atoms with E-state index in [1.165, 1.54) is 11.1 Å². The number of ether oxygens (including phenoxy) is 3. The molecule has 32 heavy (non-hydrogen) atoms. The van der Waals surface area contributed by atoms with E-state index in [2.05, 4.69) is 17.0 Å². The third kappa shape index (κ3) is 5.11. The van der Waals surface area contributed by atoms with Gasteiger partial charge in [-0.15, -0.1) is 0 Å². The van der Waals surface area contributed by atoms with Crippen LogP contribution in [0.2, 0.25) is 0 Å². The molecule has 0 aliphatic carbocycles. The molecule has 1 aliphatic heterocycles. The summed E-state index contributed by atoms with van der Waals surface area (Å²) in [4.78, 5) is 14.9. The number of nitrogens with zero attached hydrogens (tertiary/aromatic N) is 1. The van der Waals surface area contributed by atoms with Crippen LogP contribution in [0.4, 0.5) is 0 Å². The van der Waals surface area contributed by atoms with Gasteiger partial charge in [0.15, 0.2) is 11.5 Å². The Morgan fingerprint density at radius 3 is 2.44 bits per heavy atom. The quantitative estimate of drug-likeness (QED) is 0.481. The van der Waals surface area contributed by atoms with Gasteiger partial charge in [0.1, 0.15) is 12.6 Å². The Morgan fingerprint density at radius 2 is 1.69 bits per heavy atom. The number of carbonyl (C=O) groups is 1. The van der Waals surface area contributed by atoms with Crippen LogP contribution < -0.4 is 9.47 Å². The molecule has 5 nitrogen and oxygen atoms in total. The molecular formula is C27H29NO4. The summed E-state index contributed by atoms with van der Waals surface area (Å²) in [5, 5.41) is 0. The summed E-state index contributed by atoms with van der Waals surface area (Å²) in [5.41, 5.74) is 4.62. The fraction of sp³-hybridized carbons (Fsp3) is 0.296. The van der Waals surface area contributed by atoms with Crippen molar-refractivity contribution in [3.63, 3.8) is 0 Å². The first-order valence-electron chi connectivity index (χ1n) is 11.0. The lowest BCUT2D eigenvalue weighted by Gasteiger charge is -2.35. The summed E-state index contributed by atoms with van der Waals surface area (Å²) in [6.07, 6.45) is 0.657. The largest absolute Gasteiger partial charge is 0.493 e. The van der Waals surface area contributed by atoms with Crippen LogP contribution in [0.3, 0.4) is 0 Å². The van der Waals surface area contributed by atoms with E-state index in [-0.39, 0.29) is 12.0 Å². The molecule has 3 aromatic carbocycles. The summed E-state index contributed by atoms with van der Waals surface area (Å²) in [6.45, 7) is 4.02. The van der Waals surface area contributed by atoms with Crippen LogP contribution in [0.5, 0.6) is 11.5 Å². The van der Waals surface area contributed by atoms with Gasteiger partial charge in [-0.3, -0.25) is 9.69 Å².